The Balaban J connectivity index is 2.37. The van der Waals surface area contributed by atoms with Crippen molar-refractivity contribution in [2.45, 2.75) is 18.9 Å². The van der Waals surface area contributed by atoms with Gasteiger partial charge in [0.2, 0.25) is 0 Å². The first-order valence-electron chi connectivity index (χ1n) is 2.72. The zero-order chi connectivity index (χ0) is 5.98. The molecule has 0 atom stereocenters. The predicted molar refractivity (Wildman–Crippen MR) is 34.1 cm³/mol. The molecule has 1 saturated carbocycles. The van der Waals surface area contributed by atoms with E-state index in [-0.39, 0.29) is 0 Å². The van der Waals surface area contributed by atoms with Crippen LogP contribution in [0.4, 0.5) is 0 Å². The number of nitrogens with two attached hydrogens (primary N) is 1. The third kappa shape index (κ3) is 0.907. The first-order valence-corrected chi connectivity index (χ1v) is 2.72. The van der Waals surface area contributed by atoms with E-state index in [1.54, 1.807) is 0 Å². The van der Waals surface area contributed by atoms with Crippen LogP contribution in [0.5, 0.6) is 0 Å². The maximum Gasteiger partial charge on any atom is 0.0114 e. The van der Waals surface area contributed by atoms with Crippen LogP contribution in [0.1, 0.15) is 12.8 Å². The summed E-state index contributed by atoms with van der Waals surface area (Å²) < 4.78 is 0. The molecule has 1 aliphatic carbocycles. The van der Waals surface area contributed by atoms with E-state index in [1.165, 1.54) is 5.57 Å². The van der Waals surface area contributed by atoms with Crippen LogP contribution in [0, 0.1) is 12.3 Å². The highest BCUT2D eigenvalue weighted by Gasteiger charge is 2.17. The molecule has 42 valence electrons. The van der Waals surface area contributed by atoms with Crippen LogP contribution in [0.15, 0.2) is 11.6 Å². The third-order valence-corrected chi connectivity index (χ3v) is 1.34. The Kier molecular flexibility index (Phi) is 1.36. The van der Waals surface area contributed by atoms with E-state index in [9.17, 15) is 0 Å². The SMILES string of the molecule is C#CC=C1CC(N)C1. The zero-order valence-corrected chi connectivity index (χ0v) is 4.72. The molecule has 0 spiro atoms. The second-order valence-corrected chi connectivity index (χ2v) is 2.14. The lowest BCUT2D eigenvalue weighted by Gasteiger charge is -2.23. The molecule has 0 aliphatic heterocycles. The molecule has 8 heavy (non-hydrogen) atoms. The topological polar surface area (TPSA) is 26.0 Å². The number of terminal acetylenes is 1. The van der Waals surface area contributed by atoms with Crippen LogP contribution >= 0.6 is 0 Å². The van der Waals surface area contributed by atoms with Crippen molar-refractivity contribution >= 4 is 0 Å². The van der Waals surface area contributed by atoms with Crippen LogP contribution in [0.2, 0.25) is 0 Å². The number of hydrogen-bond acceptors (Lipinski definition) is 1. The molecule has 0 radical (unpaired) electrons. The van der Waals surface area contributed by atoms with Crippen molar-refractivity contribution in [2.75, 3.05) is 0 Å². The first kappa shape index (κ1) is 5.40. The van der Waals surface area contributed by atoms with Crippen LogP contribution in [-0.2, 0) is 0 Å². The van der Waals surface area contributed by atoms with Crippen molar-refractivity contribution in [3.63, 3.8) is 0 Å². The first-order chi connectivity index (χ1) is 3.83. The van der Waals surface area contributed by atoms with E-state index in [4.69, 9.17) is 12.2 Å². The minimum absolute atomic E-state index is 0.384. The third-order valence-electron chi connectivity index (χ3n) is 1.34. The Labute approximate surface area is 49.6 Å². The van der Waals surface area contributed by atoms with Gasteiger partial charge in [0.1, 0.15) is 0 Å². The molecule has 0 aromatic rings. The van der Waals surface area contributed by atoms with Crippen molar-refractivity contribution in [3.8, 4) is 12.3 Å². The van der Waals surface area contributed by atoms with Gasteiger partial charge in [0.15, 0.2) is 0 Å². The summed E-state index contributed by atoms with van der Waals surface area (Å²) in [6.45, 7) is 0. The number of rotatable bonds is 0. The summed E-state index contributed by atoms with van der Waals surface area (Å²) in [4.78, 5) is 0. The monoisotopic (exact) mass is 107 g/mol. The molecule has 1 heteroatoms. The van der Waals surface area contributed by atoms with Gasteiger partial charge in [0.25, 0.3) is 0 Å². The molecule has 1 fully saturated rings. The number of hydrogen-bond donors (Lipinski definition) is 1. The van der Waals surface area contributed by atoms with Gasteiger partial charge in [0, 0.05) is 6.04 Å². The van der Waals surface area contributed by atoms with E-state index in [0.29, 0.717) is 6.04 Å². The van der Waals surface area contributed by atoms with Gasteiger partial charge in [-0.3, -0.25) is 0 Å². The van der Waals surface area contributed by atoms with Crippen LogP contribution in [0.25, 0.3) is 0 Å². The molecule has 0 amide bonds. The summed E-state index contributed by atoms with van der Waals surface area (Å²) in [6, 6.07) is 0.384. The predicted octanol–water partition coefficient (Wildman–Crippen LogP) is 0.667. The van der Waals surface area contributed by atoms with Crippen molar-refractivity contribution < 1.29 is 0 Å². The molecule has 1 rings (SSSR count). The Hall–Kier alpha value is -0.740. The average Bonchev–Trinajstić information content (AvgIpc) is 1.64. The highest BCUT2D eigenvalue weighted by Crippen LogP contribution is 2.23. The summed E-state index contributed by atoms with van der Waals surface area (Å²) in [6.07, 6.45) is 8.83. The maximum absolute atomic E-state index is 5.49. The van der Waals surface area contributed by atoms with Gasteiger partial charge in [-0.2, -0.15) is 0 Å². The molecule has 0 bridgehead atoms. The molecule has 1 nitrogen and oxygen atoms in total. The summed E-state index contributed by atoms with van der Waals surface area (Å²) >= 11 is 0. The molecule has 0 aromatic heterocycles. The Morgan fingerprint density at radius 3 is 2.75 bits per heavy atom. The van der Waals surface area contributed by atoms with Gasteiger partial charge in [0.05, 0.1) is 0 Å². The standard InChI is InChI=1S/C7H9N/c1-2-3-6-4-7(8)5-6/h1,3,7H,4-5,8H2. The normalized spacial score (nSPS) is 26.0. The fraction of sp³-hybridized carbons (Fsp3) is 0.429. The molecule has 2 N–H and O–H groups in total. The molecule has 0 unspecified atom stereocenters. The molecule has 0 saturated heterocycles. The van der Waals surface area contributed by atoms with Crippen LogP contribution in [-0.4, -0.2) is 6.04 Å². The van der Waals surface area contributed by atoms with Crippen molar-refractivity contribution in [2.24, 2.45) is 5.73 Å². The lowest BCUT2D eigenvalue weighted by Crippen LogP contribution is -2.29. The van der Waals surface area contributed by atoms with E-state index in [1.807, 2.05) is 6.08 Å². The highest BCUT2D eigenvalue weighted by atomic mass is 14.7. The summed E-state index contributed by atoms with van der Waals surface area (Å²) in [7, 11) is 0. The van der Waals surface area contributed by atoms with Crippen molar-refractivity contribution in [1.82, 2.24) is 0 Å². The van der Waals surface area contributed by atoms with Gasteiger partial charge in [-0.05, 0) is 18.9 Å². The van der Waals surface area contributed by atoms with E-state index in [0.717, 1.165) is 12.8 Å². The Bertz CT molecular complexity index is 142. The zero-order valence-electron chi connectivity index (χ0n) is 4.72. The van der Waals surface area contributed by atoms with Gasteiger partial charge in [-0.15, -0.1) is 6.42 Å². The molecule has 1 aliphatic rings. The van der Waals surface area contributed by atoms with Crippen molar-refractivity contribution in [3.05, 3.63) is 11.6 Å². The Morgan fingerprint density at radius 2 is 2.38 bits per heavy atom. The fourth-order valence-electron chi connectivity index (χ4n) is 0.849. The smallest absolute Gasteiger partial charge is 0.0114 e. The molecular weight excluding hydrogens is 98.1 g/mol. The minimum Gasteiger partial charge on any atom is -0.327 e. The highest BCUT2D eigenvalue weighted by molar-refractivity contribution is 5.24. The van der Waals surface area contributed by atoms with E-state index >= 15 is 0 Å². The van der Waals surface area contributed by atoms with Gasteiger partial charge >= 0.3 is 0 Å². The minimum atomic E-state index is 0.384. The summed E-state index contributed by atoms with van der Waals surface area (Å²) in [5.74, 6) is 2.47. The molecular formula is C7H9N. The quantitative estimate of drug-likeness (QED) is 0.452. The largest absolute Gasteiger partial charge is 0.327 e. The summed E-state index contributed by atoms with van der Waals surface area (Å²) in [5.41, 5.74) is 6.81. The molecule has 0 heterocycles. The van der Waals surface area contributed by atoms with Crippen LogP contribution in [0.3, 0.4) is 0 Å². The summed E-state index contributed by atoms with van der Waals surface area (Å²) in [5, 5.41) is 0. The average molecular weight is 107 g/mol. The maximum atomic E-state index is 5.49. The van der Waals surface area contributed by atoms with E-state index in [2.05, 4.69) is 5.92 Å². The second kappa shape index (κ2) is 2.02. The van der Waals surface area contributed by atoms with E-state index < -0.39 is 0 Å². The van der Waals surface area contributed by atoms with Crippen molar-refractivity contribution in [1.29, 1.82) is 0 Å². The Morgan fingerprint density at radius 1 is 1.75 bits per heavy atom. The molecule has 0 aromatic carbocycles. The van der Waals surface area contributed by atoms with Gasteiger partial charge in [-0.25, -0.2) is 0 Å². The second-order valence-electron chi connectivity index (χ2n) is 2.14. The van der Waals surface area contributed by atoms with Gasteiger partial charge < -0.3 is 5.73 Å². The lowest BCUT2D eigenvalue weighted by molar-refractivity contribution is 0.543. The lowest BCUT2D eigenvalue weighted by atomic mass is 9.87. The number of allylic oxidation sites excluding steroid dienone is 1. The van der Waals surface area contributed by atoms with Crippen LogP contribution < -0.4 is 5.73 Å². The van der Waals surface area contributed by atoms with Gasteiger partial charge in [-0.1, -0.05) is 11.5 Å². The fourth-order valence-corrected chi connectivity index (χ4v) is 0.849.